The Labute approximate surface area is 221 Å². The van der Waals surface area contributed by atoms with Gasteiger partial charge >= 0.3 is 18.2 Å². The minimum absolute atomic E-state index is 0.00130. The molecule has 0 saturated carbocycles. The van der Waals surface area contributed by atoms with Gasteiger partial charge in [0.05, 0.1) is 18.7 Å². The Morgan fingerprint density at radius 3 is 2.47 bits per heavy atom. The lowest BCUT2D eigenvalue weighted by molar-refractivity contribution is -0.216. The highest BCUT2D eigenvalue weighted by Gasteiger charge is 2.46. The van der Waals surface area contributed by atoms with Gasteiger partial charge in [0.25, 0.3) is 0 Å². The van der Waals surface area contributed by atoms with Gasteiger partial charge in [-0.05, 0) is 52.7 Å². The highest BCUT2D eigenvalue weighted by atomic mass is 32.1. The number of fused-ring (bicyclic) bond motifs is 3. The minimum Gasteiger partial charge on any atom is -0.459 e. The predicted molar refractivity (Wildman–Crippen MR) is 133 cm³/mol. The van der Waals surface area contributed by atoms with Gasteiger partial charge in [-0.15, -0.1) is 16.4 Å². The van der Waals surface area contributed by atoms with Crippen molar-refractivity contribution in [3.8, 4) is 16.5 Å². The molecule has 3 aromatic rings. The van der Waals surface area contributed by atoms with E-state index in [-0.39, 0.29) is 36.2 Å². The Hall–Kier alpha value is -3.55. The Kier molecular flexibility index (Phi) is 6.61. The fraction of sp³-hybridized carbons (Fsp3) is 0.542. The second-order valence-corrected chi connectivity index (χ2v) is 11.0. The molecule has 0 radical (unpaired) electrons. The van der Waals surface area contributed by atoms with Crippen LogP contribution in [0.1, 0.15) is 40.5 Å². The zero-order chi connectivity index (χ0) is 27.2. The normalized spacial score (nSPS) is 19.6. The zero-order valence-corrected chi connectivity index (χ0v) is 22.2. The Morgan fingerprint density at radius 2 is 1.87 bits per heavy atom. The van der Waals surface area contributed by atoms with Gasteiger partial charge in [0.15, 0.2) is 5.75 Å². The number of carbonyl (C=O) groups is 2. The molecule has 0 N–H and O–H groups in total. The van der Waals surface area contributed by atoms with Gasteiger partial charge in [-0.1, -0.05) is 0 Å². The molecule has 0 aromatic carbocycles. The molecular formula is C24H28F2N6O5S. The first-order valence-electron chi connectivity index (χ1n) is 12.3. The Morgan fingerprint density at radius 1 is 1.16 bits per heavy atom. The summed E-state index contributed by atoms with van der Waals surface area (Å²) >= 11 is 1.35. The molecular weight excluding hydrogens is 522 g/mol. The number of anilines is 1. The number of nitrogens with zero attached hydrogens (tertiary/aromatic N) is 6. The van der Waals surface area contributed by atoms with Crippen LogP contribution in [0.3, 0.4) is 0 Å². The molecule has 204 valence electrons. The number of amides is 1. The van der Waals surface area contributed by atoms with Gasteiger partial charge in [0.1, 0.15) is 16.3 Å². The molecule has 2 unspecified atom stereocenters. The number of pyridine rings is 1. The van der Waals surface area contributed by atoms with Crippen LogP contribution >= 0.6 is 11.3 Å². The molecule has 11 nitrogen and oxygen atoms in total. The summed E-state index contributed by atoms with van der Waals surface area (Å²) in [5.41, 5.74) is -0.0834. The highest BCUT2D eigenvalue weighted by Crippen LogP contribution is 2.36. The summed E-state index contributed by atoms with van der Waals surface area (Å²) < 4.78 is 45.2. The molecule has 14 heteroatoms. The molecule has 5 heterocycles. The van der Waals surface area contributed by atoms with Gasteiger partial charge in [0, 0.05) is 24.7 Å². The monoisotopic (exact) mass is 550 g/mol. The van der Waals surface area contributed by atoms with Crippen LogP contribution in [-0.4, -0.2) is 80.0 Å². The lowest BCUT2D eigenvalue weighted by Gasteiger charge is -2.40. The second-order valence-electron chi connectivity index (χ2n) is 10.1. The lowest BCUT2D eigenvalue weighted by Crippen LogP contribution is -2.57. The fourth-order valence-electron chi connectivity index (χ4n) is 4.73. The maximum Gasteiger partial charge on any atom is 0.502 e. The Bertz CT molecular complexity index is 1330. The van der Waals surface area contributed by atoms with Crippen molar-refractivity contribution in [3.63, 3.8) is 0 Å². The van der Waals surface area contributed by atoms with Gasteiger partial charge < -0.3 is 19.1 Å². The van der Waals surface area contributed by atoms with Crippen LogP contribution < -0.4 is 9.64 Å². The van der Waals surface area contributed by atoms with E-state index in [2.05, 4.69) is 19.8 Å². The molecule has 38 heavy (non-hydrogen) atoms. The average molecular weight is 551 g/mol. The van der Waals surface area contributed by atoms with E-state index in [0.29, 0.717) is 29.7 Å². The van der Waals surface area contributed by atoms with E-state index in [1.165, 1.54) is 34.9 Å². The summed E-state index contributed by atoms with van der Waals surface area (Å²) in [4.78, 5) is 37.1. The highest BCUT2D eigenvalue weighted by molar-refractivity contribution is 7.13. The number of thiazole rings is 1. The average Bonchev–Trinajstić information content (AvgIpc) is 3.57. The van der Waals surface area contributed by atoms with E-state index >= 15 is 0 Å². The topological polar surface area (TPSA) is 111 Å². The number of aromatic nitrogens is 4. The van der Waals surface area contributed by atoms with Crippen molar-refractivity contribution >= 4 is 35.0 Å². The second kappa shape index (κ2) is 9.64. The van der Waals surface area contributed by atoms with Crippen LogP contribution in [0.5, 0.6) is 5.75 Å². The van der Waals surface area contributed by atoms with E-state index in [9.17, 15) is 18.4 Å². The van der Waals surface area contributed by atoms with Crippen molar-refractivity contribution in [1.29, 1.82) is 0 Å². The van der Waals surface area contributed by atoms with Crippen molar-refractivity contribution in [2.45, 2.75) is 64.3 Å². The van der Waals surface area contributed by atoms with Crippen LogP contribution in [0.4, 0.5) is 19.5 Å². The molecule has 3 aromatic heterocycles. The van der Waals surface area contributed by atoms with Crippen molar-refractivity contribution in [1.82, 2.24) is 24.5 Å². The van der Waals surface area contributed by atoms with Crippen molar-refractivity contribution < 1.29 is 32.6 Å². The van der Waals surface area contributed by atoms with Crippen molar-refractivity contribution in [2.24, 2.45) is 0 Å². The zero-order valence-electron chi connectivity index (χ0n) is 21.4. The number of esters is 1. The van der Waals surface area contributed by atoms with Gasteiger partial charge in [-0.3, -0.25) is 4.90 Å². The molecule has 5 rings (SSSR count). The summed E-state index contributed by atoms with van der Waals surface area (Å²) in [7, 11) is 0. The maximum absolute atomic E-state index is 14.5. The molecule has 2 bridgehead atoms. The first kappa shape index (κ1) is 26.1. The largest absolute Gasteiger partial charge is 0.502 e. The molecule has 2 aliphatic rings. The summed E-state index contributed by atoms with van der Waals surface area (Å²) in [6, 6.07) is 2.64. The predicted octanol–water partition coefficient (Wildman–Crippen LogP) is 3.98. The number of ether oxygens (including phenoxy) is 3. The third kappa shape index (κ3) is 4.96. The molecule has 2 aliphatic heterocycles. The van der Waals surface area contributed by atoms with Crippen molar-refractivity contribution in [3.05, 3.63) is 23.7 Å². The van der Waals surface area contributed by atoms with Gasteiger partial charge in [0.2, 0.25) is 11.6 Å². The van der Waals surface area contributed by atoms with E-state index in [0.717, 1.165) is 12.8 Å². The van der Waals surface area contributed by atoms with E-state index in [4.69, 9.17) is 9.47 Å². The Balaban J connectivity index is 1.47. The quantitative estimate of drug-likeness (QED) is 0.421. The summed E-state index contributed by atoms with van der Waals surface area (Å²) in [5, 5.41) is 7.00. The van der Waals surface area contributed by atoms with Crippen LogP contribution in [0.2, 0.25) is 0 Å². The maximum atomic E-state index is 14.5. The van der Waals surface area contributed by atoms with Crippen molar-refractivity contribution in [2.75, 3.05) is 24.6 Å². The first-order valence-corrected chi connectivity index (χ1v) is 13.1. The first-order chi connectivity index (χ1) is 18.0. The fourth-order valence-corrected chi connectivity index (χ4v) is 5.38. The number of hydrogen-bond acceptors (Lipinski definition) is 10. The SMILES string of the molecule is CCOC(=O)C(F)(F)Oc1ccc(-c2nccs2)n2nc(N3CC4CCC(C3)N4C(=O)OC(C)(C)C)nc12. The number of hydrogen-bond donors (Lipinski definition) is 0. The minimum atomic E-state index is -4.22. The molecule has 2 atom stereocenters. The molecule has 2 saturated heterocycles. The van der Waals surface area contributed by atoms with E-state index in [1.807, 2.05) is 25.7 Å². The summed E-state index contributed by atoms with van der Waals surface area (Å²) in [6.07, 6.45) is -1.34. The van der Waals surface area contributed by atoms with E-state index in [1.54, 1.807) is 16.5 Å². The number of carbonyl (C=O) groups excluding carboxylic acids is 2. The third-order valence-electron chi connectivity index (χ3n) is 6.21. The standard InChI is InChI=1S/C24H28F2N6O5S/c1-5-35-20(33)24(25,26)36-17-9-8-16(19-27-10-11-38-19)32-18(17)28-21(29-32)30-12-14-6-7-15(13-30)31(14)22(34)37-23(2,3)4/h8-11,14-15H,5-7,12-13H2,1-4H3. The smallest absolute Gasteiger partial charge is 0.459 e. The summed E-state index contributed by atoms with van der Waals surface area (Å²) in [5.74, 6) is -1.84. The summed E-state index contributed by atoms with van der Waals surface area (Å²) in [6.45, 7) is 7.60. The van der Waals surface area contributed by atoms with Gasteiger partial charge in [-0.2, -0.15) is 13.8 Å². The third-order valence-corrected chi connectivity index (χ3v) is 7.00. The molecule has 0 aliphatic carbocycles. The molecule has 2 fully saturated rings. The molecule has 0 spiro atoms. The lowest BCUT2D eigenvalue weighted by atomic mass is 10.2. The van der Waals surface area contributed by atoms with Crippen LogP contribution in [0.25, 0.3) is 16.3 Å². The van der Waals surface area contributed by atoms with E-state index < -0.39 is 17.7 Å². The molecule has 1 amide bonds. The number of alkyl halides is 2. The van der Waals surface area contributed by atoms with Gasteiger partial charge in [-0.25, -0.2) is 19.1 Å². The van der Waals surface area contributed by atoms with Crippen LogP contribution in [0, 0.1) is 0 Å². The number of rotatable bonds is 6. The van der Waals surface area contributed by atoms with Crippen LogP contribution in [0.15, 0.2) is 23.7 Å². The number of halogens is 2. The number of piperazine rings is 1. The van der Waals surface area contributed by atoms with Crippen LogP contribution in [-0.2, 0) is 14.3 Å².